The highest BCUT2D eigenvalue weighted by atomic mass is 35.5. The lowest BCUT2D eigenvalue weighted by atomic mass is 9.47. The lowest BCUT2D eigenvalue weighted by Gasteiger charge is -2.58. The van der Waals surface area contributed by atoms with Gasteiger partial charge in [0.2, 0.25) is 0 Å². The van der Waals surface area contributed by atoms with E-state index in [1.165, 1.54) is 51.4 Å². The van der Waals surface area contributed by atoms with Gasteiger partial charge in [-0.15, -0.1) is 0 Å². The number of hydrogen-bond donors (Lipinski definition) is 0. The highest BCUT2D eigenvalue weighted by molar-refractivity contribution is 6.61. The predicted molar refractivity (Wildman–Crippen MR) is 141 cm³/mol. The van der Waals surface area contributed by atoms with Gasteiger partial charge in [0.05, 0.1) is 0 Å². The smallest absolute Gasteiger partial charge is 0.404 e. The van der Waals surface area contributed by atoms with Gasteiger partial charge in [0.1, 0.15) is 6.10 Å². The highest BCUT2D eigenvalue weighted by Gasteiger charge is 2.59. The molecule has 0 spiro atoms. The lowest BCUT2D eigenvalue weighted by Crippen LogP contribution is -2.51. The molecule has 4 aliphatic carbocycles. The van der Waals surface area contributed by atoms with E-state index >= 15 is 0 Å². The molecule has 0 aromatic carbocycles. The topological polar surface area (TPSA) is 26.3 Å². The summed E-state index contributed by atoms with van der Waals surface area (Å²) in [5, 5.41) is 0. The number of allylic oxidation sites excluding steroid dienone is 1. The first-order valence-corrected chi connectivity index (χ1v) is 14.6. The van der Waals surface area contributed by atoms with Gasteiger partial charge < -0.3 is 4.74 Å². The van der Waals surface area contributed by atoms with Crippen LogP contribution in [0, 0.1) is 46.3 Å². The van der Waals surface area contributed by atoms with E-state index in [0.29, 0.717) is 10.8 Å². The molecule has 8 atom stereocenters. The molecule has 0 amide bonds. The van der Waals surface area contributed by atoms with Gasteiger partial charge in [-0.25, -0.2) is 4.79 Å². The van der Waals surface area contributed by atoms with Gasteiger partial charge in [-0.05, 0) is 91.3 Å². The SMILES string of the molecule is CC.CC(C)CCC[C@@H](C)C1CCC2C3CC=C4CC(OC(=O)Cl)CCC4(C)C3CCC21C. The van der Waals surface area contributed by atoms with Gasteiger partial charge in [0, 0.05) is 18.0 Å². The van der Waals surface area contributed by atoms with Crippen molar-refractivity contribution in [2.24, 2.45) is 46.3 Å². The molecule has 3 saturated carbocycles. The summed E-state index contributed by atoms with van der Waals surface area (Å²) in [4.78, 5) is 11.2. The molecular weight excluding hydrogens is 428 g/mol. The fraction of sp³-hybridized carbons (Fsp3) is 0.900. The van der Waals surface area contributed by atoms with Crippen molar-refractivity contribution in [1.82, 2.24) is 0 Å². The van der Waals surface area contributed by atoms with Crippen LogP contribution in [0.25, 0.3) is 0 Å². The summed E-state index contributed by atoms with van der Waals surface area (Å²) in [6, 6.07) is 0. The Bertz CT molecular complexity index is 699. The quantitative estimate of drug-likeness (QED) is 0.280. The zero-order valence-corrected chi connectivity index (χ0v) is 23.3. The Hall–Kier alpha value is -0.500. The second-order valence-corrected chi connectivity index (χ2v) is 12.8. The average Bonchev–Trinajstić information content (AvgIpc) is 3.12. The van der Waals surface area contributed by atoms with Crippen LogP contribution in [0.15, 0.2) is 11.6 Å². The fourth-order valence-electron chi connectivity index (χ4n) is 8.88. The Balaban J connectivity index is 0.00000149. The van der Waals surface area contributed by atoms with Crippen molar-refractivity contribution in [3.05, 3.63) is 11.6 Å². The standard InChI is InChI=1S/C28H45ClO2.C2H6/c1-18(2)7-6-8-19(3)23-11-12-24-22-10-9-20-17-21(31-26(29)30)13-15-27(20,4)25(22)14-16-28(23,24)5;1-2/h9,18-19,21-25H,6-8,10-17H2,1-5H3;1-2H3/t19-,21?,22?,23?,24?,25?,27?,28?;/m1./s1. The summed E-state index contributed by atoms with van der Waals surface area (Å²) in [6.45, 7) is 16.5. The van der Waals surface area contributed by atoms with E-state index in [2.05, 4.69) is 40.7 Å². The van der Waals surface area contributed by atoms with Crippen molar-refractivity contribution in [1.29, 1.82) is 0 Å². The molecule has 190 valence electrons. The van der Waals surface area contributed by atoms with Gasteiger partial charge >= 0.3 is 5.43 Å². The Morgan fingerprint density at radius 1 is 1.06 bits per heavy atom. The number of halogens is 1. The maximum Gasteiger partial charge on any atom is 0.404 e. The van der Waals surface area contributed by atoms with E-state index in [0.717, 1.165) is 54.8 Å². The summed E-state index contributed by atoms with van der Waals surface area (Å²) in [7, 11) is 0. The van der Waals surface area contributed by atoms with Crippen LogP contribution in [0.1, 0.15) is 119 Å². The molecule has 7 unspecified atom stereocenters. The molecule has 0 aromatic rings. The Morgan fingerprint density at radius 2 is 1.79 bits per heavy atom. The molecule has 0 radical (unpaired) electrons. The van der Waals surface area contributed by atoms with Crippen molar-refractivity contribution in [3.8, 4) is 0 Å². The van der Waals surface area contributed by atoms with Crippen LogP contribution in [0.5, 0.6) is 0 Å². The third-order valence-electron chi connectivity index (χ3n) is 10.5. The van der Waals surface area contributed by atoms with Crippen molar-refractivity contribution in [3.63, 3.8) is 0 Å². The molecule has 0 aliphatic heterocycles. The minimum atomic E-state index is -0.643. The van der Waals surface area contributed by atoms with Gasteiger partial charge in [0.15, 0.2) is 0 Å². The third kappa shape index (κ3) is 5.36. The van der Waals surface area contributed by atoms with E-state index in [9.17, 15) is 4.79 Å². The van der Waals surface area contributed by atoms with Gasteiger partial charge in [0.25, 0.3) is 0 Å². The summed E-state index contributed by atoms with van der Waals surface area (Å²) in [6.07, 6.45) is 16.7. The van der Waals surface area contributed by atoms with E-state index in [4.69, 9.17) is 16.3 Å². The Labute approximate surface area is 209 Å². The highest BCUT2D eigenvalue weighted by Crippen LogP contribution is 2.67. The lowest BCUT2D eigenvalue weighted by molar-refractivity contribution is -0.0573. The van der Waals surface area contributed by atoms with E-state index in [1.54, 1.807) is 5.57 Å². The normalized spacial score (nSPS) is 40.5. The summed E-state index contributed by atoms with van der Waals surface area (Å²) in [5.41, 5.74) is 1.77. The second kappa shape index (κ2) is 11.0. The number of carbonyl (C=O) groups is 1. The molecule has 0 bridgehead atoms. The molecule has 2 nitrogen and oxygen atoms in total. The number of fused-ring (bicyclic) bond motifs is 5. The van der Waals surface area contributed by atoms with Crippen LogP contribution in [0.3, 0.4) is 0 Å². The molecular formula is C30H51ClO2. The van der Waals surface area contributed by atoms with Crippen LogP contribution in [0.2, 0.25) is 0 Å². The Kier molecular flexibility index (Phi) is 9.07. The summed E-state index contributed by atoms with van der Waals surface area (Å²) >= 11 is 5.51. The van der Waals surface area contributed by atoms with Gasteiger partial charge in [-0.1, -0.05) is 79.4 Å². The summed E-state index contributed by atoms with van der Waals surface area (Å²) < 4.78 is 5.38. The molecule has 0 heterocycles. The van der Waals surface area contributed by atoms with Crippen LogP contribution >= 0.6 is 11.6 Å². The number of hydrogen-bond acceptors (Lipinski definition) is 2. The second-order valence-electron chi connectivity index (χ2n) is 12.5. The van der Waals surface area contributed by atoms with Gasteiger partial charge in [-0.3, -0.25) is 0 Å². The van der Waals surface area contributed by atoms with Crippen molar-refractivity contribution < 1.29 is 9.53 Å². The number of rotatable bonds is 6. The van der Waals surface area contributed by atoms with Gasteiger partial charge in [-0.2, -0.15) is 0 Å². The van der Waals surface area contributed by atoms with Crippen LogP contribution in [-0.2, 0) is 4.74 Å². The van der Waals surface area contributed by atoms with Crippen LogP contribution < -0.4 is 0 Å². The minimum Gasteiger partial charge on any atom is -0.450 e. The first-order valence-electron chi connectivity index (χ1n) is 14.2. The summed E-state index contributed by atoms with van der Waals surface area (Å²) in [5.74, 6) is 5.19. The maximum absolute atomic E-state index is 11.2. The predicted octanol–water partition coefficient (Wildman–Crippen LogP) is 9.80. The first-order chi connectivity index (χ1) is 15.6. The van der Waals surface area contributed by atoms with E-state index < -0.39 is 5.43 Å². The van der Waals surface area contributed by atoms with Crippen LogP contribution in [-0.4, -0.2) is 11.5 Å². The van der Waals surface area contributed by atoms with Crippen molar-refractivity contribution >= 4 is 17.0 Å². The first kappa shape index (κ1) is 27.1. The molecule has 3 heteroatoms. The molecule has 4 rings (SSSR count). The van der Waals surface area contributed by atoms with E-state index in [-0.39, 0.29) is 6.10 Å². The third-order valence-corrected chi connectivity index (χ3v) is 10.6. The average molecular weight is 479 g/mol. The van der Waals surface area contributed by atoms with Crippen LogP contribution in [0.4, 0.5) is 4.79 Å². The fourth-order valence-corrected chi connectivity index (χ4v) is 9.01. The molecule has 0 aromatic heterocycles. The number of ether oxygens (including phenoxy) is 1. The zero-order valence-electron chi connectivity index (χ0n) is 22.6. The largest absolute Gasteiger partial charge is 0.450 e. The van der Waals surface area contributed by atoms with E-state index in [1.807, 2.05) is 13.8 Å². The molecule has 33 heavy (non-hydrogen) atoms. The minimum absolute atomic E-state index is 0.0164. The number of carbonyl (C=O) groups excluding carboxylic acids is 1. The molecule has 0 N–H and O–H groups in total. The van der Waals surface area contributed by atoms with Crippen molar-refractivity contribution in [2.45, 2.75) is 125 Å². The van der Waals surface area contributed by atoms with Crippen molar-refractivity contribution in [2.75, 3.05) is 0 Å². The maximum atomic E-state index is 11.2. The molecule has 3 fully saturated rings. The molecule has 0 saturated heterocycles. The molecule has 4 aliphatic rings. The monoisotopic (exact) mass is 478 g/mol. The zero-order chi connectivity index (χ0) is 24.4. The Morgan fingerprint density at radius 3 is 2.45 bits per heavy atom.